The van der Waals surface area contributed by atoms with Crippen molar-refractivity contribution in [3.8, 4) is 11.5 Å². The molecule has 3 heteroatoms. The average molecular weight is 297 g/mol. The van der Waals surface area contributed by atoms with E-state index in [-0.39, 0.29) is 6.04 Å². The molecule has 116 valence electrons. The van der Waals surface area contributed by atoms with Gasteiger partial charge >= 0.3 is 0 Å². The molecule has 1 atom stereocenters. The van der Waals surface area contributed by atoms with Gasteiger partial charge in [-0.25, -0.2) is 0 Å². The first-order valence-electron chi connectivity index (χ1n) is 7.87. The summed E-state index contributed by atoms with van der Waals surface area (Å²) in [7, 11) is 1.70. The van der Waals surface area contributed by atoms with Crippen LogP contribution in [-0.4, -0.2) is 20.3 Å². The Kier molecular flexibility index (Phi) is 4.34. The summed E-state index contributed by atoms with van der Waals surface area (Å²) in [6, 6.07) is 13.1. The minimum Gasteiger partial charge on any atom is -0.493 e. The highest BCUT2D eigenvalue weighted by molar-refractivity contribution is 5.54. The molecule has 0 saturated carbocycles. The van der Waals surface area contributed by atoms with E-state index >= 15 is 0 Å². The lowest BCUT2D eigenvalue weighted by Gasteiger charge is -2.29. The summed E-state index contributed by atoms with van der Waals surface area (Å²) in [6.07, 6.45) is 0.963. The summed E-state index contributed by atoms with van der Waals surface area (Å²) in [5, 5.41) is 3.62. The zero-order valence-electron chi connectivity index (χ0n) is 13.5. The molecule has 0 saturated heterocycles. The van der Waals surface area contributed by atoms with Crippen LogP contribution >= 0.6 is 0 Å². The van der Waals surface area contributed by atoms with Gasteiger partial charge < -0.3 is 14.8 Å². The van der Waals surface area contributed by atoms with Gasteiger partial charge in [0.15, 0.2) is 11.5 Å². The molecule has 0 radical (unpaired) electrons. The maximum Gasteiger partial charge on any atom is 0.164 e. The van der Waals surface area contributed by atoms with E-state index in [1.165, 1.54) is 22.3 Å². The lowest BCUT2D eigenvalue weighted by molar-refractivity contribution is 0.305. The Morgan fingerprint density at radius 2 is 1.91 bits per heavy atom. The van der Waals surface area contributed by atoms with Gasteiger partial charge in [-0.3, -0.25) is 0 Å². The highest BCUT2D eigenvalue weighted by Gasteiger charge is 2.25. The largest absolute Gasteiger partial charge is 0.493 e. The molecule has 1 aliphatic rings. The lowest BCUT2D eigenvalue weighted by atomic mass is 9.88. The Balaban J connectivity index is 2.06. The van der Waals surface area contributed by atoms with Gasteiger partial charge in [0.1, 0.15) is 0 Å². The number of hydrogen-bond donors (Lipinski definition) is 1. The number of fused-ring (bicyclic) bond motifs is 1. The Morgan fingerprint density at radius 1 is 1.14 bits per heavy atom. The lowest BCUT2D eigenvalue weighted by Crippen LogP contribution is -2.31. The van der Waals surface area contributed by atoms with Gasteiger partial charge in [-0.1, -0.05) is 35.9 Å². The third kappa shape index (κ3) is 2.69. The Bertz CT molecular complexity index is 649. The second-order valence-electron chi connectivity index (χ2n) is 5.65. The van der Waals surface area contributed by atoms with Gasteiger partial charge in [0, 0.05) is 12.1 Å². The molecule has 1 heterocycles. The molecule has 3 rings (SSSR count). The predicted octanol–water partition coefficient (Wildman–Crippen LogP) is 3.64. The molecule has 2 aromatic rings. The summed E-state index contributed by atoms with van der Waals surface area (Å²) in [4.78, 5) is 0. The molecule has 0 spiro atoms. The van der Waals surface area contributed by atoms with Crippen molar-refractivity contribution < 1.29 is 9.47 Å². The SMILES string of the molecule is CCOc1c(OC)ccc2c1CCNC2c1ccc(C)cc1. The Hall–Kier alpha value is -2.00. The number of rotatable bonds is 4. The molecule has 0 amide bonds. The van der Waals surface area contributed by atoms with Crippen LogP contribution in [0.4, 0.5) is 0 Å². The van der Waals surface area contributed by atoms with Gasteiger partial charge in [-0.15, -0.1) is 0 Å². The molecular formula is C19H23NO2. The Labute approximate surface area is 132 Å². The smallest absolute Gasteiger partial charge is 0.164 e. The standard InChI is InChI=1S/C19H23NO2/c1-4-22-19-16-11-12-20-18(14-7-5-13(2)6-8-14)15(16)9-10-17(19)21-3/h5-10,18,20H,4,11-12H2,1-3H3. The van der Waals surface area contributed by atoms with Gasteiger partial charge in [0.25, 0.3) is 0 Å². The van der Waals surface area contributed by atoms with Crippen LogP contribution in [0.1, 0.15) is 35.2 Å². The van der Waals surface area contributed by atoms with Crippen molar-refractivity contribution in [2.75, 3.05) is 20.3 Å². The number of methoxy groups -OCH3 is 1. The predicted molar refractivity (Wildman–Crippen MR) is 88.9 cm³/mol. The van der Waals surface area contributed by atoms with Crippen molar-refractivity contribution in [1.82, 2.24) is 5.32 Å². The summed E-state index contributed by atoms with van der Waals surface area (Å²) in [5.74, 6) is 1.73. The first-order chi connectivity index (χ1) is 10.7. The first-order valence-corrected chi connectivity index (χ1v) is 7.87. The number of benzene rings is 2. The maximum absolute atomic E-state index is 5.88. The van der Waals surface area contributed by atoms with E-state index in [1.807, 2.05) is 13.0 Å². The average Bonchev–Trinajstić information content (AvgIpc) is 2.55. The van der Waals surface area contributed by atoms with E-state index in [0.717, 1.165) is 24.5 Å². The monoisotopic (exact) mass is 297 g/mol. The fourth-order valence-electron chi connectivity index (χ4n) is 3.12. The number of nitrogens with one attached hydrogen (secondary N) is 1. The number of aryl methyl sites for hydroxylation is 1. The molecule has 0 bridgehead atoms. The quantitative estimate of drug-likeness (QED) is 0.934. The molecule has 2 aromatic carbocycles. The van der Waals surface area contributed by atoms with Crippen molar-refractivity contribution in [3.05, 3.63) is 58.7 Å². The van der Waals surface area contributed by atoms with Crippen LogP contribution in [0.5, 0.6) is 11.5 Å². The third-order valence-corrected chi connectivity index (χ3v) is 4.21. The molecule has 1 unspecified atom stereocenters. The van der Waals surface area contributed by atoms with E-state index in [9.17, 15) is 0 Å². The molecule has 22 heavy (non-hydrogen) atoms. The summed E-state index contributed by atoms with van der Waals surface area (Å²) in [5.41, 5.74) is 5.13. The fraction of sp³-hybridized carbons (Fsp3) is 0.368. The fourth-order valence-corrected chi connectivity index (χ4v) is 3.12. The van der Waals surface area contributed by atoms with Crippen molar-refractivity contribution in [2.45, 2.75) is 26.3 Å². The Morgan fingerprint density at radius 3 is 2.59 bits per heavy atom. The summed E-state index contributed by atoms with van der Waals surface area (Å²) < 4.78 is 11.4. The molecule has 1 N–H and O–H groups in total. The summed E-state index contributed by atoms with van der Waals surface area (Å²) >= 11 is 0. The highest BCUT2D eigenvalue weighted by Crippen LogP contribution is 2.39. The van der Waals surface area contributed by atoms with E-state index < -0.39 is 0 Å². The topological polar surface area (TPSA) is 30.5 Å². The second-order valence-corrected chi connectivity index (χ2v) is 5.65. The number of ether oxygens (including phenoxy) is 2. The minimum atomic E-state index is 0.217. The van der Waals surface area contributed by atoms with Crippen molar-refractivity contribution in [1.29, 1.82) is 0 Å². The maximum atomic E-state index is 5.88. The normalized spacial score (nSPS) is 17.0. The second kappa shape index (κ2) is 6.41. The molecule has 0 aliphatic carbocycles. The third-order valence-electron chi connectivity index (χ3n) is 4.21. The molecule has 0 aromatic heterocycles. The van der Waals surface area contributed by atoms with E-state index in [2.05, 4.69) is 42.6 Å². The first kappa shape index (κ1) is 14.9. The highest BCUT2D eigenvalue weighted by atomic mass is 16.5. The van der Waals surface area contributed by atoms with Gasteiger partial charge in [-0.05, 0) is 37.5 Å². The van der Waals surface area contributed by atoms with Crippen LogP contribution in [0.25, 0.3) is 0 Å². The van der Waals surface area contributed by atoms with E-state index in [4.69, 9.17) is 9.47 Å². The van der Waals surface area contributed by atoms with Crippen LogP contribution in [0.15, 0.2) is 36.4 Å². The van der Waals surface area contributed by atoms with Gasteiger partial charge in [-0.2, -0.15) is 0 Å². The summed E-state index contributed by atoms with van der Waals surface area (Å²) in [6.45, 7) is 5.72. The molecule has 1 aliphatic heterocycles. The van der Waals surface area contributed by atoms with Crippen LogP contribution in [0.3, 0.4) is 0 Å². The van der Waals surface area contributed by atoms with Crippen molar-refractivity contribution in [3.63, 3.8) is 0 Å². The van der Waals surface area contributed by atoms with Crippen LogP contribution in [0.2, 0.25) is 0 Å². The minimum absolute atomic E-state index is 0.217. The van der Waals surface area contributed by atoms with Crippen molar-refractivity contribution >= 4 is 0 Å². The van der Waals surface area contributed by atoms with Crippen LogP contribution in [-0.2, 0) is 6.42 Å². The van der Waals surface area contributed by atoms with E-state index in [1.54, 1.807) is 7.11 Å². The van der Waals surface area contributed by atoms with Gasteiger partial charge in [0.2, 0.25) is 0 Å². The van der Waals surface area contributed by atoms with Crippen LogP contribution < -0.4 is 14.8 Å². The van der Waals surface area contributed by atoms with Crippen LogP contribution in [0, 0.1) is 6.92 Å². The van der Waals surface area contributed by atoms with Crippen molar-refractivity contribution in [2.24, 2.45) is 0 Å². The molecular weight excluding hydrogens is 274 g/mol. The zero-order chi connectivity index (χ0) is 15.5. The zero-order valence-corrected chi connectivity index (χ0v) is 13.5. The van der Waals surface area contributed by atoms with E-state index in [0.29, 0.717) is 6.61 Å². The molecule has 0 fully saturated rings. The molecule has 3 nitrogen and oxygen atoms in total. The number of hydrogen-bond acceptors (Lipinski definition) is 3. The van der Waals surface area contributed by atoms with Gasteiger partial charge in [0.05, 0.1) is 19.8 Å².